The van der Waals surface area contributed by atoms with Crippen LogP contribution in [-0.2, 0) is 4.79 Å². The standard InChI is InChI=1S/C13H23NO2/c1-2-11-4-3-7-14(9-11)10-13(5-6-13)8-12(15)16/h11H,2-10H2,1H3,(H,15,16). The molecule has 1 aliphatic carbocycles. The van der Waals surface area contributed by atoms with E-state index in [4.69, 9.17) is 5.11 Å². The van der Waals surface area contributed by atoms with Gasteiger partial charge in [0, 0.05) is 13.1 Å². The van der Waals surface area contributed by atoms with E-state index in [1.54, 1.807) is 0 Å². The van der Waals surface area contributed by atoms with Crippen molar-refractivity contribution in [1.29, 1.82) is 0 Å². The van der Waals surface area contributed by atoms with Gasteiger partial charge in [0.05, 0.1) is 6.42 Å². The Bertz CT molecular complexity index is 261. The molecule has 0 spiro atoms. The number of carboxylic acid groups (broad SMARTS) is 1. The summed E-state index contributed by atoms with van der Waals surface area (Å²) in [7, 11) is 0. The van der Waals surface area contributed by atoms with Crippen LogP contribution in [0, 0.1) is 11.3 Å². The van der Waals surface area contributed by atoms with Crippen molar-refractivity contribution in [3.63, 3.8) is 0 Å². The van der Waals surface area contributed by atoms with E-state index < -0.39 is 5.97 Å². The van der Waals surface area contributed by atoms with E-state index in [1.165, 1.54) is 32.4 Å². The summed E-state index contributed by atoms with van der Waals surface area (Å²) in [6, 6.07) is 0. The first kappa shape index (κ1) is 11.9. The molecule has 1 atom stereocenters. The Morgan fingerprint density at radius 3 is 2.81 bits per heavy atom. The zero-order chi connectivity index (χ0) is 11.6. The highest BCUT2D eigenvalue weighted by molar-refractivity contribution is 5.68. The highest BCUT2D eigenvalue weighted by atomic mass is 16.4. The van der Waals surface area contributed by atoms with Crippen LogP contribution in [0.1, 0.15) is 45.4 Å². The van der Waals surface area contributed by atoms with E-state index in [0.717, 1.165) is 25.3 Å². The summed E-state index contributed by atoms with van der Waals surface area (Å²) in [6.45, 7) is 5.66. The molecule has 0 aromatic rings. The van der Waals surface area contributed by atoms with Crippen molar-refractivity contribution in [2.24, 2.45) is 11.3 Å². The molecule has 1 N–H and O–H groups in total. The molecule has 1 aliphatic heterocycles. The van der Waals surface area contributed by atoms with Crippen molar-refractivity contribution >= 4 is 5.97 Å². The molecular weight excluding hydrogens is 202 g/mol. The molecule has 1 unspecified atom stereocenters. The quantitative estimate of drug-likeness (QED) is 0.781. The molecule has 2 fully saturated rings. The van der Waals surface area contributed by atoms with E-state index in [-0.39, 0.29) is 5.41 Å². The van der Waals surface area contributed by atoms with E-state index in [2.05, 4.69) is 11.8 Å². The van der Waals surface area contributed by atoms with Gasteiger partial charge in [0.1, 0.15) is 0 Å². The number of rotatable bonds is 5. The maximum atomic E-state index is 10.8. The van der Waals surface area contributed by atoms with Gasteiger partial charge in [-0.15, -0.1) is 0 Å². The van der Waals surface area contributed by atoms with Crippen molar-refractivity contribution in [3.05, 3.63) is 0 Å². The molecule has 0 aromatic carbocycles. The van der Waals surface area contributed by atoms with Crippen LogP contribution in [0.15, 0.2) is 0 Å². The molecule has 0 aromatic heterocycles. The Hall–Kier alpha value is -0.570. The molecule has 3 heteroatoms. The van der Waals surface area contributed by atoms with Gasteiger partial charge >= 0.3 is 5.97 Å². The maximum absolute atomic E-state index is 10.8. The molecule has 16 heavy (non-hydrogen) atoms. The van der Waals surface area contributed by atoms with Crippen LogP contribution in [-0.4, -0.2) is 35.6 Å². The van der Waals surface area contributed by atoms with Gasteiger partial charge in [-0.3, -0.25) is 4.79 Å². The van der Waals surface area contributed by atoms with Crippen LogP contribution in [0.5, 0.6) is 0 Å². The zero-order valence-electron chi connectivity index (χ0n) is 10.2. The fraction of sp³-hybridized carbons (Fsp3) is 0.923. The molecule has 0 amide bonds. The normalized spacial score (nSPS) is 28.9. The van der Waals surface area contributed by atoms with Crippen LogP contribution < -0.4 is 0 Å². The zero-order valence-corrected chi connectivity index (χ0v) is 10.2. The van der Waals surface area contributed by atoms with Crippen LogP contribution >= 0.6 is 0 Å². The van der Waals surface area contributed by atoms with Crippen molar-refractivity contribution in [2.45, 2.75) is 45.4 Å². The van der Waals surface area contributed by atoms with Gasteiger partial charge < -0.3 is 10.0 Å². The lowest BCUT2D eigenvalue weighted by molar-refractivity contribution is -0.138. The average Bonchev–Trinajstić information content (AvgIpc) is 2.97. The van der Waals surface area contributed by atoms with Crippen LogP contribution in [0.25, 0.3) is 0 Å². The molecular formula is C13H23NO2. The van der Waals surface area contributed by atoms with E-state index >= 15 is 0 Å². The van der Waals surface area contributed by atoms with Crippen LogP contribution in [0.4, 0.5) is 0 Å². The Kier molecular flexibility index (Phi) is 3.53. The lowest BCUT2D eigenvalue weighted by Gasteiger charge is -2.34. The minimum atomic E-state index is -0.624. The van der Waals surface area contributed by atoms with Gasteiger partial charge in [-0.25, -0.2) is 0 Å². The summed E-state index contributed by atoms with van der Waals surface area (Å²) in [5, 5.41) is 8.90. The minimum absolute atomic E-state index is 0.140. The third kappa shape index (κ3) is 2.97. The molecule has 1 saturated heterocycles. The highest BCUT2D eigenvalue weighted by Crippen LogP contribution is 2.49. The fourth-order valence-electron chi connectivity index (χ4n) is 2.99. The molecule has 1 saturated carbocycles. The average molecular weight is 225 g/mol. The third-order valence-corrected chi connectivity index (χ3v) is 4.22. The smallest absolute Gasteiger partial charge is 0.303 e. The van der Waals surface area contributed by atoms with Crippen molar-refractivity contribution in [2.75, 3.05) is 19.6 Å². The van der Waals surface area contributed by atoms with E-state index in [1.807, 2.05) is 0 Å². The summed E-state index contributed by atoms with van der Waals surface area (Å²) < 4.78 is 0. The van der Waals surface area contributed by atoms with Gasteiger partial charge in [-0.2, -0.15) is 0 Å². The van der Waals surface area contributed by atoms with Crippen molar-refractivity contribution in [3.8, 4) is 0 Å². The molecule has 2 aliphatic rings. The lowest BCUT2D eigenvalue weighted by atomic mass is 9.93. The van der Waals surface area contributed by atoms with Gasteiger partial charge in [0.2, 0.25) is 0 Å². The third-order valence-electron chi connectivity index (χ3n) is 4.22. The van der Waals surface area contributed by atoms with E-state index in [9.17, 15) is 4.79 Å². The topological polar surface area (TPSA) is 40.5 Å². The highest BCUT2D eigenvalue weighted by Gasteiger charge is 2.45. The molecule has 3 nitrogen and oxygen atoms in total. The first-order valence-electron chi connectivity index (χ1n) is 6.58. The molecule has 0 bridgehead atoms. The number of likely N-dealkylation sites (tertiary alicyclic amines) is 1. The second-order valence-corrected chi connectivity index (χ2v) is 5.72. The van der Waals surface area contributed by atoms with Crippen molar-refractivity contribution in [1.82, 2.24) is 4.90 Å². The summed E-state index contributed by atoms with van der Waals surface area (Å²) in [5.41, 5.74) is 0.140. The SMILES string of the molecule is CCC1CCCN(CC2(CC(=O)O)CC2)C1. The molecule has 1 heterocycles. The predicted octanol–water partition coefficient (Wildman–Crippen LogP) is 2.36. The lowest BCUT2D eigenvalue weighted by Crippen LogP contribution is -2.39. The monoisotopic (exact) mass is 225 g/mol. The minimum Gasteiger partial charge on any atom is -0.481 e. The number of carbonyl (C=O) groups is 1. The van der Waals surface area contributed by atoms with Crippen LogP contribution in [0.2, 0.25) is 0 Å². The van der Waals surface area contributed by atoms with Gasteiger partial charge in [-0.05, 0) is 43.6 Å². The number of aliphatic carboxylic acids is 1. The summed E-state index contributed by atoms with van der Waals surface area (Å²) >= 11 is 0. The Balaban J connectivity index is 1.82. The molecule has 0 radical (unpaired) electrons. The fourth-order valence-corrected chi connectivity index (χ4v) is 2.99. The Labute approximate surface area is 97.8 Å². The van der Waals surface area contributed by atoms with Gasteiger partial charge in [-0.1, -0.05) is 13.3 Å². The van der Waals surface area contributed by atoms with Gasteiger partial charge in [0.15, 0.2) is 0 Å². The largest absolute Gasteiger partial charge is 0.481 e. The number of nitrogens with zero attached hydrogens (tertiary/aromatic N) is 1. The van der Waals surface area contributed by atoms with Crippen molar-refractivity contribution < 1.29 is 9.90 Å². The van der Waals surface area contributed by atoms with E-state index in [0.29, 0.717) is 6.42 Å². The number of piperidine rings is 1. The number of hydrogen-bond donors (Lipinski definition) is 1. The van der Waals surface area contributed by atoms with Gasteiger partial charge in [0.25, 0.3) is 0 Å². The summed E-state index contributed by atoms with van der Waals surface area (Å²) in [5.74, 6) is 0.218. The molecule has 2 rings (SSSR count). The Morgan fingerprint density at radius 2 is 2.25 bits per heavy atom. The van der Waals surface area contributed by atoms with Crippen LogP contribution in [0.3, 0.4) is 0 Å². The second-order valence-electron chi connectivity index (χ2n) is 5.72. The Morgan fingerprint density at radius 1 is 1.50 bits per heavy atom. The summed E-state index contributed by atoms with van der Waals surface area (Å²) in [4.78, 5) is 13.3. The first-order valence-corrected chi connectivity index (χ1v) is 6.58. The number of carboxylic acids is 1. The maximum Gasteiger partial charge on any atom is 0.303 e. The number of hydrogen-bond acceptors (Lipinski definition) is 2. The molecule has 92 valence electrons. The summed E-state index contributed by atoms with van der Waals surface area (Å²) in [6.07, 6.45) is 6.53. The second kappa shape index (κ2) is 4.74. The predicted molar refractivity (Wildman–Crippen MR) is 63.4 cm³/mol. The first-order chi connectivity index (χ1) is 7.63.